The van der Waals surface area contributed by atoms with Gasteiger partial charge in [0.05, 0.1) is 7.11 Å². The van der Waals surface area contributed by atoms with Crippen molar-refractivity contribution in [3.63, 3.8) is 0 Å². The van der Waals surface area contributed by atoms with Gasteiger partial charge in [-0.3, -0.25) is 4.79 Å². The first-order chi connectivity index (χ1) is 14.6. The third-order valence-corrected chi connectivity index (χ3v) is 5.34. The molecule has 0 saturated heterocycles. The second-order valence-electron chi connectivity index (χ2n) is 6.80. The fourth-order valence-corrected chi connectivity index (χ4v) is 3.63. The number of rotatable bonds is 8. The molecule has 0 unspecified atom stereocenters. The minimum atomic E-state index is -0.0742. The Morgan fingerprint density at radius 2 is 1.70 bits per heavy atom. The molecular formula is C25H23Cl2NO2. The van der Waals surface area contributed by atoms with Crippen molar-refractivity contribution in [3.8, 4) is 5.75 Å². The van der Waals surface area contributed by atoms with E-state index in [-0.39, 0.29) is 5.91 Å². The standard InChI is InChI=1S/C25H23Cl2NO2/c1-30-24-10-6-5-9-21(24)18-28(16-15-20-12-13-22(26)17-23(20)27)25(29)14-11-19-7-3-2-4-8-19/h2-14,17H,15-16,18H2,1H3/b14-11+. The molecule has 30 heavy (non-hydrogen) atoms. The first-order valence-corrected chi connectivity index (χ1v) is 10.4. The average Bonchev–Trinajstić information content (AvgIpc) is 2.77. The molecule has 1 amide bonds. The molecule has 0 aliphatic carbocycles. The molecule has 0 atom stereocenters. The maximum absolute atomic E-state index is 13.0. The molecule has 0 saturated carbocycles. The maximum Gasteiger partial charge on any atom is 0.246 e. The minimum Gasteiger partial charge on any atom is -0.496 e. The van der Waals surface area contributed by atoms with Crippen molar-refractivity contribution in [2.45, 2.75) is 13.0 Å². The van der Waals surface area contributed by atoms with Crippen LogP contribution in [0.1, 0.15) is 16.7 Å². The van der Waals surface area contributed by atoms with Gasteiger partial charge >= 0.3 is 0 Å². The van der Waals surface area contributed by atoms with Crippen LogP contribution in [0.15, 0.2) is 78.9 Å². The maximum atomic E-state index is 13.0. The highest BCUT2D eigenvalue weighted by Crippen LogP contribution is 2.23. The summed E-state index contributed by atoms with van der Waals surface area (Å²) >= 11 is 12.3. The Morgan fingerprint density at radius 3 is 2.43 bits per heavy atom. The van der Waals surface area contributed by atoms with Crippen molar-refractivity contribution in [2.75, 3.05) is 13.7 Å². The highest BCUT2D eigenvalue weighted by molar-refractivity contribution is 6.35. The number of hydrogen-bond donors (Lipinski definition) is 0. The number of ether oxygens (including phenoxy) is 1. The van der Waals surface area contributed by atoms with Gasteiger partial charge in [-0.05, 0) is 41.8 Å². The molecule has 0 aliphatic heterocycles. The van der Waals surface area contributed by atoms with E-state index < -0.39 is 0 Å². The smallest absolute Gasteiger partial charge is 0.246 e. The van der Waals surface area contributed by atoms with Crippen molar-refractivity contribution in [3.05, 3.63) is 106 Å². The SMILES string of the molecule is COc1ccccc1CN(CCc1ccc(Cl)cc1Cl)C(=O)/C=C/c1ccccc1. The van der Waals surface area contributed by atoms with Gasteiger partial charge < -0.3 is 9.64 Å². The number of nitrogens with zero attached hydrogens (tertiary/aromatic N) is 1. The predicted molar refractivity (Wildman–Crippen MR) is 124 cm³/mol. The lowest BCUT2D eigenvalue weighted by atomic mass is 10.1. The second kappa shape index (κ2) is 10.9. The second-order valence-corrected chi connectivity index (χ2v) is 7.65. The van der Waals surface area contributed by atoms with Crippen LogP contribution in [0.25, 0.3) is 6.08 Å². The fourth-order valence-electron chi connectivity index (χ4n) is 3.12. The lowest BCUT2D eigenvalue weighted by Gasteiger charge is -2.23. The van der Waals surface area contributed by atoms with E-state index in [0.29, 0.717) is 29.6 Å². The van der Waals surface area contributed by atoms with Crippen molar-refractivity contribution in [1.29, 1.82) is 0 Å². The van der Waals surface area contributed by atoms with E-state index in [9.17, 15) is 4.79 Å². The van der Waals surface area contributed by atoms with E-state index in [1.165, 1.54) is 0 Å². The summed E-state index contributed by atoms with van der Waals surface area (Å²) in [5, 5.41) is 1.20. The van der Waals surface area contributed by atoms with Gasteiger partial charge in [0.1, 0.15) is 5.75 Å². The van der Waals surface area contributed by atoms with E-state index in [1.807, 2.05) is 72.8 Å². The van der Waals surface area contributed by atoms with Crippen LogP contribution in [0.3, 0.4) is 0 Å². The largest absolute Gasteiger partial charge is 0.496 e. The Morgan fingerprint density at radius 1 is 0.967 bits per heavy atom. The first kappa shape index (κ1) is 21.9. The Balaban J connectivity index is 1.79. The Bertz CT molecular complexity index is 1020. The number of amides is 1. The molecule has 0 fully saturated rings. The van der Waals surface area contributed by atoms with Crippen molar-refractivity contribution in [1.82, 2.24) is 4.90 Å². The molecular weight excluding hydrogens is 417 g/mol. The Labute approximate surface area is 187 Å². The Kier molecular flexibility index (Phi) is 7.95. The number of benzene rings is 3. The van der Waals surface area contributed by atoms with Crippen molar-refractivity contribution >= 4 is 35.2 Å². The number of hydrogen-bond acceptors (Lipinski definition) is 2. The summed E-state index contributed by atoms with van der Waals surface area (Å²) in [6, 6.07) is 22.9. The molecule has 0 aliphatic rings. The molecule has 3 aromatic rings. The van der Waals surface area contributed by atoms with E-state index in [0.717, 1.165) is 22.4 Å². The van der Waals surface area contributed by atoms with E-state index >= 15 is 0 Å². The molecule has 0 radical (unpaired) electrons. The van der Waals surface area contributed by atoms with Gasteiger partial charge in [-0.15, -0.1) is 0 Å². The average molecular weight is 440 g/mol. The van der Waals surface area contributed by atoms with Crippen LogP contribution in [0, 0.1) is 0 Å². The molecule has 0 N–H and O–H groups in total. The molecule has 0 heterocycles. The van der Waals surface area contributed by atoms with Crippen molar-refractivity contribution in [2.24, 2.45) is 0 Å². The molecule has 0 spiro atoms. The number of carbonyl (C=O) groups is 1. The van der Waals surface area contributed by atoms with Crippen LogP contribution in [0.4, 0.5) is 0 Å². The van der Waals surface area contributed by atoms with Crippen LogP contribution >= 0.6 is 23.2 Å². The summed E-state index contributed by atoms with van der Waals surface area (Å²) in [7, 11) is 1.63. The molecule has 3 rings (SSSR count). The molecule has 0 bridgehead atoms. The van der Waals surface area contributed by atoms with Gasteiger partial charge in [0.25, 0.3) is 0 Å². The van der Waals surface area contributed by atoms with E-state index in [4.69, 9.17) is 27.9 Å². The highest BCUT2D eigenvalue weighted by atomic mass is 35.5. The fraction of sp³-hybridized carbons (Fsp3) is 0.160. The first-order valence-electron chi connectivity index (χ1n) is 9.64. The molecule has 154 valence electrons. The topological polar surface area (TPSA) is 29.5 Å². The summed E-state index contributed by atoms with van der Waals surface area (Å²) in [5.74, 6) is 0.682. The number of methoxy groups -OCH3 is 1. The summed E-state index contributed by atoms with van der Waals surface area (Å²) in [5.41, 5.74) is 2.87. The number of para-hydroxylation sites is 1. The zero-order chi connectivity index (χ0) is 21.3. The summed E-state index contributed by atoms with van der Waals surface area (Å²) in [6.07, 6.45) is 4.05. The van der Waals surface area contributed by atoms with E-state index in [1.54, 1.807) is 24.2 Å². The van der Waals surface area contributed by atoms with Crippen LogP contribution in [0.2, 0.25) is 10.0 Å². The quantitative estimate of drug-likeness (QED) is 0.386. The summed E-state index contributed by atoms with van der Waals surface area (Å²) in [4.78, 5) is 14.8. The number of halogens is 2. The molecule has 0 aromatic heterocycles. The monoisotopic (exact) mass is 439 g/mol. The van der Waals surface area contributed by atoms with Crippen LogP contribution < -0.4 is 4.74 Å². The van der Waals surface area contributed by atoms with Crippen LogP contribution in [-0.4, -0.2) is 24.5 Å². The third kappa shape index (κ3) is 6.12. The van der Waals surface area contributed by atoms with Crippen LogP contribution in [-0.2, 0) is 17.8 Å². The van der Waals surface area contributed by atoms with E-state index in [2.05, 4.69) is 0 Å². The number of carbonyl (C=O) groups excluding carboxylic acids is 1. The molecule has 3 nitrogen and oxygen atoms in total. The van der Waals surface area contributed by atoms with Gasteiger partial charge in [-0.25, -0.2) is 0 Å². The predicted octanol–water partition coefficient (Wildman–Crippen LogP) is 6.29. The van der Waals surface area contributed by atoms with Gasteiger partial charge in [0, 0.05) is 34.8 Å². The zero-order valence-electron chi connectivity index (χ0n) is 16.7. The third-order valence-electron chi connectivity index (χ3n) is 4.75. The lowest BCUT2D eigenvalue weighted by molar-refractivity contribution is -0.126. The van der Waals surface area contributed by atoms with Gasteiger partial charge in [0.15, 0.2) is 0 Å². The lowest BCUT2D eigenvalue weighted by Crippen LogP contribution is -2.31. The Hall–Kier alpha value is -2.75. The summed E-state index contributed by atoms with van der Waals surface area (Å²) in [6.45, 7) is 0.949. The molecule has 3 aromatic carbocycles. The van der Waals surface area contributed by atoms with Crippen LogP contribution in [0.5, 0.6) is 5.75 Å². The summed E-state index contributed by atoms with van der Waals surface area (Å²) < 4.78 is 5.46. The zero-order valence-corrected chi connectivity index (χ0v) is 18.2. The highest BCUT2D eigenvalue weighted by Gasteiger charge is 2.15. The minimum absolute atomic E-state index is 0.0742. The van der Waals surface area contributed by atoms with Crippen molar-refractivity contribution < 1.29 is 9.53 Å². The molecule has 5 heteroatoms. The van der Waals surface area contributed by atoms with Gasteiger partial charge in [0.2, 0.25) is 5.91 Å². The normalized spacial score (nSPS) is 10.9. The van der Waals surface area contributed by atoms with Gasteiger partial charge in [-0.1, -0.05) is 77.8 Å². The van der Waals surface area contributed by atoms with Gasteiger partial charge in [-0.2, -0.15) is 0 Å².